The number of carbonyl (C=O) groups excluding carboxylic acids is 1. The molecule has 29 heavy (non-hydrogen) atoms. The van der Waals surface area contributed by atoms with Gasteiger partial charge in [-0.05, 0) is 31.7 Å². The van der Waals surface area contributed by atoms with Gasteiger partial charge in [0.25, 0.3) is 5.91 Å². The number of aromatic nitrogens is 2. The lowest BCUT2D eigenvalue weighted by Gasteiger charge is -2.25. The Balaban J connectivity index is 1.76. The molecule has 0 bridgehead atoms. The Hall–Kier alpha value is -2.54. The predicted octanol–water partition coefficient (Wildman–Crippen LogP) is 2.66. The minimum Gasteiger partial charge on any atom is -0.497 e. The van der Waals surface area contributed by atoms with Crippen LogP contribution >= 0.6 is 0 Å². The second-order valence-electron chi connectivity index (χ2n) is 7.69. The molecular weight excluding hydrogens is 368 g/mol. The number of carbonyl (C=O) groups is 1. The van der Waals surface area contributed by atoms with E-state index in [1.165, 1.54) is 5.69 Å². The molecule has 2 aromatic rings. The highest BCUT2D eigenvalue weighted by Gasteiger charge is 2.29. The van der Waals surface area contributed by atoms with Crippen molar-refractivity contribution in [3.8, 4) is 11.5 Å². The third kappa shape index (κ3) is 4.56. The minimum atomic E-state index is -0.0198. The summed E-state index contributed by atoms with van der Waals surface area (Å²) in [6, 6.07) is 6.17. The van der Waals surface area contributed by atoms with Gasteiger partial charge in [-0.1, -0.05) is 13.0 Å². The number of hydrogen-bond donors (Lipinski definition) is 1. The van der Waals surface area contributed by atoms with Crippen molar-refractivity contribution < 1.29 is 14.3 Å². The van der Waals surface area contributed by atoms with E-state index in [9.17, 15) is 4.79 Å². The van der Waals surface area contributed by atoms with E-state index < -0.39 is 0 Å². The molecule has 1 amide bonds. The van der Waals surface area contributed by atoms with E-state index in [1.54, 1.807) is 33.2 Å². The van der Waals surface area contributed by atoms with Crippen LogP contribution in [0.4, 0.5) is 0 Å². The zero-order valence-corrected chi connectivity index (χ0v) is 18.1. The molecule has 7 heteroatoms. The first-order chi connectivity index (χ1) is 14.0. The molecule has 1 heterocycles. The van der Waals surface area contributed by atoms with Crippen molar-refractivity contribution in [3.05, 3.63) is 40.7 Å². The van der Waals surface area contributed by atoms with Crippen molar-refractivity contribution in [1.29, 1.82) is 0 Å². The van der Waals surface area contributed by atoms with Crippen LogP contribution in [0.25, 0.3) is 0 Å². The van der Waals surface area contributed by atoms with Crippen LogP contribution in [0.1, 0.15) is 47.1 Å². The maximum atomic E-state index is 12.7. The fraction of sp³-hybridized carbons (Fsp3) is 0.545. The van der Waals surface area contributed by atoms with Crippen LogP contribution < -0.4 is 14.8 Å². The zero-order chi connectivity index (χ0) is 21.0. The van der Waals surface area contributed by atoms with E-state index in [0.717, 1.165) is 54.9 Å². The Morgan fingerprint density at radius 2 is 2.10 bits per heavy atom. The summed E-state index contributed by atoms with van der Waals surface area (Å²) in [5.74, 6) is 1.57. The molecule has 0 spiro atoms. The normalized spacial score (nSPS) is 15.7. The Morgan fingerprint density at radius 3 is 2.76 bits per heavy atom. The number of fused-ring (bicyclic) bond motifs is 1. The van der Waals surface area contributed by atoms with Crippen LogP contribution in [0.2, 0.25) is 0 Å². The van der Waals surface area contributed by atoms with Gasteiger partial charge in [0.05, 0.1) is 14.2 Å². The van der Waals surface area contributed by atoms with Crippen molar-refractivity contribution in [3.63, 3.8) is 0 Å². The topological polar surface area (TPSA) is 68.6 Å². The van der Waals surface area contributed by atoms with Gasteiger partial charge in [-0.15, -0.1) is 0 Å². The number of nitrogens with one attached hydrogen (secondary N) is 1. The van der Waals surface area contributed by atoms with Crippen LogP contribution in [0.5, 0.6) is 11.5 Å². The summed E-state index contributed by atoms with van der Waals surface area (Å²) in [6.07, 6.45) is 3.77. The Morgan fingerprint density at radius 1 is 1.31 bits per heavy atom. The number of hydrogen-bond acceptors (Lipinski definition) is 5. The van der Waals surface area contributed by atoms with Gasteiger partial charge in [0.2, 0.25) is 0 Å². The highest BCUT2D eigenvalue weighted by atomic mass is 16.5. The van der Waals surface area contributed by atoms with Gasteiger partial charge in [-0.25, -0.2) is 0 Å². The van der Waals surface area contributed by atoms with Gasteiger partial charge in [-0.2, -0.15) is 5.10 Å². The first-order valence-electron chi connectivity index (χ1n) is 10.2. The molecule has 0 aliphatic heterocycles. The molecule has 1 aromatic heterocycles. The van der Waals surface area contributed by atoms with Crippen LogP contribution in [0, 0.1) is 0 Å². The van der Waals surface area contributed by atoms with Gasteiger partial charge >= 0.3 is 0 Å². The summed E-state index contributed by atoms with van der Waals surface area (Å²) in [4.78, 5) is 14.3. The van der Waals surface area contributed by atoms with Crippen molar-refractivity contribution in [1.82, 2.24) is 20.0 Å². The zero-order valence-electron chi connectivity index (χ0n) is 18.1. The molecule has 0 saturated carbocycles. The molecule has 0 saturated heterocycles. The second kappa shape index (κ2) is 9.31. The quantitative estimate of drug-likeness (QED) is 0.738. The van der Waals surface area contributed by atoms with Gasteiger partial charge < -0.3 is 19.7 Å². The number of ether oxygens (including phenoxy) is 2. The fourth-order valence-electron chi connectivity index (χ4n) is 3.89. The maximum Gasteiger partial charge on any atom is 0.274 e. The molecule has 0 radical (unpaired) electrons. The smallest absolute Gasteiger partial charge is 0.274 e. The molecule has 0 fully saturated rings. The Bertz CT molecular complexity index is 860. The summed E-state index contributed by atoms with van der Waals surface area (Å²) in [5, 5.41) is 8.31. The SMILES string of the molecule is CCCn1nc(C(=O)N(C)C)c2c1CCC(NCc1ccc(OC)cc1OC)C2. The fourth-order valence-corrected chi connectivity index (χ4v) is 3.89. The summed E-state index contributed by atoms with van der Waals surface area (Å²) in [5.41, 5.74) is 4.01. The highest BCUT2D eigenvalue weighted by Crippen LogP contribution is 2.28. The van der Waals surface area contributed by atoms with E-state index in [4.69, 9.17) is 9.47 Å². The molecule has 1 unspecified atom stereocenters. The van der Waals surface area contributed by atoms with E-state index in [-0.39, 0.29) is 5.91 Å². The van der Waals surface area contributed by atoms with E-state index in [0.29, 0.717) is 18.3 Å². The summed E-state index contributed by atoms with van der Waals surface area (Å²) < 4.78 is 12.8. The van der Waals surface area contributed by atoms with Crippen LogP contribution in [0.15, 0.2) is 18.2 Å². The Kier molecular flexibility index (Phi) is 6.79. The monoisotopic (exact) mass is 400 g/mol. The Labute approximate surface area is 173 Å². The predicted molar refractivity (Wildman–Crippen MR) is 113 cm³/mol. The third-order valence-electron chi connectivity index (χ3n) is 5.47. The van der Waals surface area contributed by atoms with Gasteiger partial charge in [0.1, 0.15) is 11.5 Å². The van der Waals surface area contributed by atoms with E-state index in [2.05, 4.69) is 17.3 Å². The average Bonchev–Trinajstić information content (AvgIpc) is 3.09. The van der Waals surface area contributed by atoms with Gasteiger partial charge in [-0.3, -0.25) is 9.48 Å². The van der Waals surface area contributed by atoms with E-state index in [1.807, 2.05) is 22.9 Å². The lowest BCUT2D eigenvalue weighted by Crippen LogP contribution is -2.35. The average molecular weight is 401 g/mol. The number of aryl methyl sites for hydroxylation is 1. The van der Waals surface area contributed by atoms with Crippen LogP contribution in [-0.4, -0.2) is 54.9 Å². The number of methoxy groups -OCH3 is 2. The number of amides is 1. The molecule has 158 valence electrons. The van der Waals surface area contributed by atoms with Gasteiger partial charge in [0.15, 0.2) is 5.69 Å². The standard InChI is InChI=1S/C22H32N4O3/c1-6-11-26-19-10-8-16(12-18(19)21(24-26)22(27)25(2)3)23-14-15-7-9-17(28-4)13-20(15)29-5/h7,9,13,16,23H,6,8,10-12,14H2,1-5H3. The highest BCUT2D eigenvalue weighted by molar-refractivity contribution is 5.93. The number of nitrogens with zero attached hydrogens (tertiary/aromatic N) is 3. The first kappa shape index (κ1) is 21.2. The van der Waals surface area contributed by atoms with Crippen LogP contribution in [-0.2, 0) is 25.9 Å². The van der Waals surface area contributed by atoms with Crippen LogP contribution in [0.3, 0.4) is 0 Å². The molecule has 1 atom stereocenters. The summed E-state index contributed by atoms with van der Waals surface area (Å²) in [6.45, 7) is 3.69. The molecule has 1 aliphatic rings. The molecular formula is C22H32N4O3. The van der Waals surface area contributed by atoms with Crippen molar-refractivity contribution in [2.75, 3.05) is 28.3 Å². The van der Waals surface area contributed by atoms with Crippen molar-refractivity contribution in [2.45, 2.75) is 51.7 Å². The minimum absolute atomic E-state index is 0.0198. The number of rotatable bonds is 8. The number of benzene rings is 1. The largest absolute Gasteiger partial charge is 0.497 e. The third-order valence-corrected chi connectivity index (χ3v) is 5.47. The lowest BCUT2D eigenvalue weighted by atomic mass is 9.91. The van der Waals surface area contributed by atoms with E-state index >= 15 is 0 Å². The second-order valence-corrected chi connectivity index (χ2v) is 7.69. The molecule has 1 aliphatic carbocycles. The molecule has 7 nitrogen and oxygen atoms in total. The molecule has 3 rings (SSSR count). The van der Waals surface area contributed by atoms with Gasteiger partial charge in [0, 0.05) is 56.1 Å². The first-order valence-corrected chi connectivity index (χ1v) is 10.2. The van der Waals surface area contributed by atoms with Crippen molar-refractivity contribution in [2.24, 2.45) is 0 Å². The lowest BCUT2D eigenvalue weighted by molar-refractivity contribution is 0.0819. The molecule has 1 aromatic carbocycles. The summed E-state index contributed by atoms with van der Waals surface area (Å²) in [7, 11) is 6.88. The molecule has 1 N–H and O–H groups in total. The van der Waals surface area contributed by atoms with Crippen molar-refractivity contribution >= 4 is 5.91 Å². The maximum absolute atomic E-state index is 12.7. The summed E-state index contributed by atoms with van der Waals surface area (Å²) >= 11 is 0.